The standard InChI is InChI=1S/C11H9BrF3N3S/c1-6-3-7(18-10(19-2)17-5-16)4-8(9(6)12)11(13,14)15/h3-4H,1-2H3,(H,17,18). The van der Waals surface area contributed by atoms with E-state index in [0.717, 1.165) is 17.8 Å². The molecule has 3 nitrogen and oxygen atoms in total. The molecule has 0 unspecified atom stereocenters. The number of anilines is 1. The van der Waals surface area contributed by atoms with Gasteiger partial charge in [0.25, 0.3) is 0 Å². The summed E-state index contributed by atoms with van der Waals surface area (Å²) in [6.07, 6.45) is -1.20. The van der Waals surface area contributed by atoms with E-state index in [9.17, 15) is 13.2 Å². The van der Waals surface area contributed by atoms with E-state index in [1.54, 1.807) is 25.4 Å². The van der Waals surface area contributed by atoms with Crippen LogP contribution in [0.15, 0.2) is 21.6 Å². The molecule has 0 saturated carbocycles. The van der Waals surface area contributed by atoms with Crippen molar-refractivity contribution in [2.24, 2.45) is 4.99 Å². The number of alkyl halides is 3. The predicted molar refractivity (Wildman–Crippen MR) is 74.1 cm³/mol. The molecule has 1 N–H and O–H groups in total. The van der Waals surface area contributed by atoms with Gasteiger partial charge in [-0.3, -0.25) is 0 Å². The minimum atomic E-state index is -4.45. The molecule has 0 saturated heterocycles. The van der Waals surface area contributed by atoms with Crippen molar-refractivity contribution in [1.82, 2.24) is 0 Å². The second-order valence-corrected chi connectivity index (χ2v) is 5.09. The van der Waals surface area contributed by atoms with Gasteiger partial charge in [-0.15, -0.1) is 4.99 Å². The van der Waals surface area contributed by atoms with Crippen LogP contribution < -0.4 is 5.32 Å². The van der Waals surface area contributed by atoms with Gasteiger partial charge in [-0.25, -0.2) is 0 Å². The molecule has 102 valence electrons. The summed E-state index contributed by atoms with van der Waals surface area (Å²) in [6.45, 7) is 1.56. The van der Waals surface area contributed by atoms with Crippen LogP contribution in [0.3, 0.4) is 0 Å². The number of hydrogen-bond donors (Lipinski definition) is 1. The van der Waals surface area contributed by atoms with Crippen molar-refractivity contribution in [2.45, 2.75) is 13.1 Å². The fourth-order valence-electron chi connectivity index (χ4n) is 1.34. The summed E-state index contributed by atoms with van der Waals surface area (Å²) in [4.78, 5) is 3.46. The molecule has 0 aliphatic heterocycles. The largest absolute Gasteiger partial charge is 0.417 e. The quantitative estimate of drug-likeness (QED) is 0.463. The summed E-state index contributed by atoms with van der Waals surface area (Å²) in [7, 11) is 0. The first kappa shape index (κ1) is 15.9. The number of rotatable bonds is 1. The van der Waals surface area contributed by atoms with Crippen molar-refractivity contribution in [1.29, 1.82) is 5.26 Å². The zero-order chi connectivity index (χ0) is 14.6. The first-order valence-electron chi connectivity index (χ1n) is 4.94. The number of thioether (sulfide) groups is 1. The van der Waals surface area contributed by atoms with Crippen LogP contribution in [0.2, 0.25) is 0 Å². The number of halogens is 4. The predicted octanol–water partition coefficient (Wildman–Crippen LogP) is 4.39. The van der Waals surface area contributed by atoms with Gasteiger partial charge >= 0.3 is 6.18 Å². The first-order chi connectivity index (χ1) is 8.79. The van der Waals surface area contributed by atoms with Gasteiger partial charge in [0.15, 0.2) is 5.17 Å². The van der Waals surface area contributed by atoms with Gasteiger partial charge in [-0.05, 0) is 46.8 Å². The summed E-state index contributed by atoms with van der Waals surface area (Å²) in [5.41, 5.74) is -0.0986. The highest BCUT2D eigenvalue weighted by atomic mass is 79.9. The van der Waals surface area contributed by atoms with E-state index in [0.29, 0.717) is 5.56 Å². The van der Waals surface area contributed by atoms with Crippen molar-refractivity contribution >= 4 is 38.5 Å². The Bertz CT molecular complexity index is 549. The topological polar surface area (TPSA) is 48.2 Å². The van der Waals surface area contributed by atoms with Crippen LogP contribution in [0.25, 0.3) is 0 Å². The van der Waals surface area contributed by atoms with E-state index >= 15 is 0 Å². The molecule has 0 bridgehead atoms. The number of aliphatic imine (C=N–C) groups is 1. The zero-order valence-corrected chi connectivity index (χ0v) is 12.4. The molecule has 0 fully saturated rings. The lowest BCUT2D eigenvalue weighted by Gasteiger charge is -2.14. The maximum Gasteiger partial charge on any atom is 0.417 e. The molecule has 0 aliphatic carbocycles. The molecule has 0 amide bonds. The average molecular weight is 352 g/mol. The number of aryl methyl sites for hydroxylation is 1. The van der Waals surface area contributed by atoms with E-state index in [1.165, 1.54) is 0 Å². The second-order valence-electron chi connectivity index (χ2n) is 3.50. The summed E-state index contributed by atoms with van der Waals surface area (Å²) < 4.78 is 38.5. The molecule has 0 heterocycles. The number of amidine groups is 1. The molecular formula is C11H9BrF3N3S. The monoisotopic (exact) mass is 351 g/mol. The molecule has 8 heteroatoms. The Labute approximate surface area is 121 Å². The molecule has 0 aromatic heterocycles. The molecule has 0 spiro atoms. The lowest BCUT2D eigenvalue weighted by Crippen LogP contribution is -2.11. The van der Waals surface area contributed by atoms with Crippen LogP contribution in [0.5, 0.6) is 0 Å². The van der Waals surface area contributed by atoms with Crippen molar-refractivity contribution in [3.05, 3.63) is 27.7 Å². The molecule has 0 aliphatic rings. The maximum atomic E-state index is 12.8. The summed E-state index contributed by atoms with van der Waals surface area (Å²) in [5, 5.41) is 11.4. The number of nitriles is 1. The lowest BCUT2D eigenvalue weighted by molar-refractivity contribution is -0.138. The number of nitrogens with one attached hydrogen (secondary N) is 1. The van der Waals surface area contributed by atoms with Crippen molar-refractivity contribution < 1.29 is 13.2 Å². The van der Waals surface area contributed by atoms with Gasteiger partial charge in [0.1, 0.15) is 0 Å². The third-order valence-electron chi connectivity index (χ3n) is 2.16. The van der Waals surface area contributed by atoms with E-state index in [4.69, 9.17) is 5.26 Å². The summed E-state index contributed by atoms with van der Waals surface area (Å²) in [6, 6.07) is 2.52. The van der Waals surface area contributed by atoms with Gasteiger partial charge in [0.05, 0.1) is 5.56 Å². The van der Waals surface area contributed by atoms with Crippen molar-refractivity contribution in [3.8, 4) is 6.19 Å². The van der Waals surface area contributed by atoms with Gasteiger partial charge < -0.3 is 5.32 Å². The second kappa shape index (κ2) is 6.30. The van der Waals surface area contributed by atoms with E-state index in [2.05, 4.69) is 26.2 Å². The van der Waals surface area contributed by atoms with Crippen LogP contribution >= 0.6 is 27.7 Å². The van der Waals surface area contributed by atoms with Crippen LogP contribution in [-0.4, -0.2) is 11.4 Å². The Morgan fingerprint density at radius 3 is 2.58 bits per heavy atom. The smallest absolute Gasteiger partial charge is 0.334 e. The molecule has 0 radical (unpaired) electrons. The fraction of sp³-hybridized carbons (Fsp3) is 0.273. The molecule has 19 heavy (non-hydrogen) atoms. The number of hydrogen-bond acceptors (Lipinski definition) is 3. The highest BCUT2D eigenvalue weighted by molar-refractivity contribution is 9.10. The lowest BCUT2D eigenvalue weighted by atomic mass is 10.1. The Hall–Kier alpha value is -1.20. The normalized spacial score (nSPS) is 12.2. The Morgan fingerprint density at radius 1 is 1.47 bits per heavy atom. The fourth-order valence-corrected chi connectivity index (χ4v) is 2.15. The number of nitrogens with zero attached hydrogens (tertiary/aromatic N) is 2. The van der Waals surface area contributed by atoms with Gasteiger partial charge in [0, 0.05) is 10.2 Å². The van der Waals surface area contributed by atoms with Crippen LogP contribution in [0.1, 0.15) is 11.1 Å². The highest BCUT2D eigenvalue weighted by Crippen LogP contribution is 2.38. The summed E-state index contributed by atoms with van der Waals surface area (Å²) in [5.74, 6) is 0. The SMILES string of the molecule is CS/C(=N\C#N)Nc1cc(C)c(Br)c(C(F)(F)F)c1. The van der Waals surface area contributed by atoms with E-state index in [-0.39, 0.29) is 15.3 Å². The minimum absolute atomic E-state index is 0.00785. The van der Waals surface area contributed by atoms with Crippen molar-refractivity contribution in [3.63, 3.8) is 0 Å². The maximum absolute atomic E-state index is 12.8. The average Bonchev–Trinajstić information content (AvgIpc) is 2.31. The Balaban J connectivity index is 3.22. The van der Waals surface area contributed by atoms with Gasteiger partial charge in [-0.1, -0.05) is 11.8 Å². The van der Waals surface area contributed by atoms with Crippen LogP contribution in [-0.2, 0) is 6.18 Å². The number of benzene rings is 1. The molecule has 0 atom stereocenters. The minimum Gasteiger partial charge on any atom is -0.334 e. The Morgan fingerprint density at radius 2 is 2.11 bits per heavy atom. The third kappa shape index (κ3) is 4.14. The van der Waals surface area contributed by atoms with Crippen LogP contribution in [0, 0.1) is 18.4 Å². The van der Waals surface area contributed by atoms with Gasteiger partial charge in [0.2, 0.25) is 6.19 Å². The summed E-state index contributed by atoms with van der Waals surface area (Å²) >= 11 is 4.06. The highest BCUT2D eigenvalue weighted by Gasteiger charge is 2.34. The molecular weight excluding hydrogens is 343 g/mol. The zero-order valence-electron chi connectivity index (χ0n) is 9.97. The first-order valence-corrected chi connectivity index (χ1v) is 6.96. The third-order valence-corrected chi connectivity index (χ3v) is 3.79. The van der Waals surface area contributed by atoms with Crippen LogP contribution in [0.4, 0.5) is 18.9 Å². The Kier molecular flexibility index (Phi) is 5.26. The molecule has 1 aromatic rings. The molecule has 1 aromatic carbocycles. The van der Waals surface area contributed by atoms with E-state index < -0.39 is 11.7 Å². The van der Waals surface area contributed by atoms with E-state index in [1.807, 2.05) is 0 Å². The molecule has 1 rings (SSSR count). The van der Waals surface area contributed by atoms with Crippen molar-refractivity contribution in [2.75, 3.05) is 11.6 Å². The van der Waals surface area contributed by atoms with Gasteiger partial charge in [-0.2, -0.15) is 18.4 Å².